The minimum absolute atomic E-state index is 0.188. The Morgan fingerprint density at radius 1 is 1.06 bits per heavy atom. The zero-order valence-electron chi connectivity index (χ0n) is 18.4. The van der Waals surface area contributed by atoms with E-state index in [0.717, 1.165) is 22.5 Å². The van der Waals surface area contributed by atoms with E-state index in [1.807, 2.05) is 51.1 Å². The number of methoxy groups -OCH3 is 1. The monoisotopic (exact) mass is 422 g/mol. The number of imidazole rings is 1. The molecular weight excluding hydrogens is 396 g/mol. The maximum atomic E-state index is 13.5. The fourth-order valence-electron chi connectivity index (χ4n) is 3.88. The van der Waals surface area contributed by atoms with Crippen molar-refractivity contribution in [1.82, 2.24) is 28.5 Å². The second kappa shape index (κ2) is 7.99. The van der Waals surface area contributed by atoms with Gasteiger partial charge in [0.25, 0.3) is 5.56 Å². The molecule has 0 aliphatic heterocycles. The van der Waals surface area contributed by atoms with Crippen molar-refractivity contribution in [2.24, 2.45) is 7.05 Å². The van der Waals surface area contributed by atoms with E-state index in [0.29, 0.717) is 30.3 Å². The lowest BCUT2D eigenvalue weighted by molar-refractivity contribution is 0.188. The molecule has 3 aromatic heterocycles. The van der Waals surface area contributed by atoms with E-state index in [4.69, 9.17) is 4.74 Å². The van der Waals surface area contributed by atoms with Gasteiger partial charge in [-0.2, -0.15) is 10.1 Å². The fraction of sp³-hybridized carbons (Fsp3) is 0.364. The molecule has 0 atom stereocenters. The summed E-state index contributed by atoms with van der Waals surface area (Å²) in [5.74, 6) is 0.484. The van der Waals surface area contributed by atoms with Gasteiger partial charge in [-0.3, -0.25) is 13.9 Å². The summed E-state index contributed by atoms with van der Waals surface area (Å²) in [4.78, 5) is 31.2. The van der Waals surface area contributed by atoms with E-state index in [2.05, 4.69) is 10.1 Å². The number of fused-ring (bicyclic) bond motifs is 1. The van der Waals surface area contributed by atoms with Crippen LogP contribution in [0.5, 0.6) is 0 Å². The molecule has 0 fully saturated rings. The molecule has 31 heavy (non-hydrogen) atoms. The fourth-order valence-corrected chi connectivity index (χ4v) is 3.88. The molecule has 9 nitrogen and oxygen atoms in total. The van der Waals surface area contributed by atoms with E-state index in [1.165, 1.54) is 9.13 Å². The average Bonchev–Trinajstić information content (AvgIpc) is 3.27. The molecule has 0 radical (unpaired) electrons. The molecule has 0 N–H and O–H groups in total. The van der Waals surface area contributed by atoms with E-state index in [9.17, 15) is 9.59 Å². The van der Waals surface area contributed by atoms with Crippen LogP contribution in [-0.2, 0) is 24.9 Å². The van der Waals surface area contributed by atoms with Gasteiger partial charge in [-0.25, -0.2) is 9.48 Å². The molecule has 4 rings (SSSR count). The maximum Gasteiger partial charge on any atom is 0.332 e. The Morgan fingerprint density at radius 2 is 1.84 bits per heavy atom. The number of aryl methyl sites for hydroxylation is 4. The van der Waals surface area contributed by atoms with Crippen molar-refractivity contribution in [2.45, 2.75) is 33.9 Å². The Hall–Kier alpha value is -3.46. The molecule has 162 valence electrons. The van der Waals surface area contributed by atoms with E-state index in [1.54, 1.807) is 23.4 Å². The highest BCUT2D eigenvalue weighted by molar-refractivity contribution is 5.72. The van der Waals surface area contributed by atoms with Gasteiger partial charge in [0.1, 0.15) is 0 Å². The number of rotatable bonds is 6. The quantitative estimate of drug-likeness (QED) is 0.472. The van der Waals surface area contributed by atoms with Crippen LogP contribution in [0.4, 0.5) is 0 Å². The first kappa shape index (κ1) is 20.8. The molecule has 0 spiro atoms. The van der Waals surface area contributed by atoms with Crippen LogP contribution in [0.3, 0.4) is 0 Å². The van der Waals surface area contributed by atoms with Gasteiger partial charge in [0, 0.05) is 26.4 Å². The molecule has 1 aromatic carbocycles. The molecule has 0 aliphatic rings. The number of hydrogen-bond acceptors (Lipinski definition) is 5. The molecule has 0 saturated carbocycles. The second-order valence-electron chi connectivity index (χ2n) is 7.79. The smallest absolute Gasteiger partial charge is 0.332 e. The summed E-state index contributed by atoms with van der Waals surface area (Å²) in [5.41, 5.74) is 3.58. The van der Waals surface area contributed by atoms with Crippen LogP contribution in [0.25, 0.3) is 17.1 Å². The lowest BCUT2D eigenvalue weighted by Gasteiger charge is -2.11. The molecule has 9 heteroatoms. The first-order valence-electron chi connectivity index (χ1n) is 10.1. The normalized spacial score (nSPS) is 11.5. The number of benzene rings is 1. The van der Waals surface area contributed by atoms with Crippen LogP contribution in [0, 0.1) is 20.8 Å². The van der Waals surface area contributed by atoms with Gasteiger partial charge in [-0.05, 0) is 32.4 Å². The van der Waals surface area contributed by atoms with Crippen LogP contribution < -0.4 is 11.2 Å². The van der Waals surface area contributed by atoms with Gasteiger partial charge < -0.3 is 9.30 Å². The molecule has 3 heterocycles. The molecule has 4 aromatic rings. The van der Waals surface area contributed by atoms with Crippen LogP contribution in [0.2, 0.25) is 0 Å². The molecule has 0 saturated heterocycles. The van der Waals surface area contributed by atoms with Crippen molar-refractivity contribution >= 4 is 11.2 Å². The van der Waals surface area contributed by atoms with Crippen LogP contribution in [-0.4, -0.2) is 42.2 Å². The van der Waals surface area contributed by atoms with Gasteiger partial charge in [-0.15, -0.1) is 0 Å². The Kier molecular flexibility index (Phi) is 5.36. The summed E-state index contributed by atoms with van der Waals surface area (Å²) in [7, 11) is 3.24. The highest BCUT2D eigenvalue weighted by Gasteiger charge is 2.22. The topological polar surface area (TPSA) is 88.9 Å². The van der Waals surface area contributed by atoms with Crippen molar-refractivity contribution in [3.63, 3.8) is 0 Å². The Morgan fingerprint density at radius 3 is 2.48 bits per heavy atom. The lowest BCUT2D eigenvalue weighted by atomic mass is 10.1. The third-order valence-electron chi connectivity index (χ3n) is 5.35. The van der Waals surface area contributed by atoms with Crippen molar-refractivity contribution < 1.29 is 4.74 Å². The van der Waals surface area contributed by atoms with Gasteiger partial charge in [0.05, 0.1) is 18.8 Å². The standard InChI is InChI=1S/C22H26N6O3/c1-14-7-6-8-17(11-14)13-27-20(29)18-19(25(4)22(27)30)23-21(26(18)9-10-31-5)28-16(3)12-15(2)24-28/h6-8,11-12H,9-10,13H2,1-5H3. The molecule has 0 bridgehead atoms. The van der Waals surface area contributed by atoms with Crippen LogP contribution in [0.15, 0.2) is 39.9 Å². The lowest BCUT2D eigenvalue weighted by Crippen LogP contribution is -2.40. The van der Waals surface area contributed by atoms with Crippen molar-refractivity contribution in [2.75, 3.05) is 13.7 Å². The minimum atomic E-state index is -0.407. The zero-order valence-corrected chi connectivity index (χ0v) is 18.4. The summed E-state index contributed by atoms with van der Waals surface area (Å²) < 4.78 is 11.4. The first-order valence-corrected chi connectivity index (χ1v) is 10.1. The third-order valence-corrected chi connectivity index (χ3v) is 5.35. The van der Waals surface area contributed by atoms with Gasteiger partial charge in [0.15, 0.2) is 11.2 Å². The summed E-state index contributed by atoms with van der Waals surface area (Å²) in [6, 6.07) is 9.72. The number of hydrogen-bond donors (Lipinski definition) is 0. The first-order chi connectivity index (χ1) is 14.8. The summed E-state index contributed by atoms with van der Waals surface area (Å²) >= 11 is 0. The average molecular weight is 422 g/mol. The van der Waals surface area contributed by atoms with E-state index >= 15 is 0 Å². The SMILES string of the molecule is COCCn1c(-n2nc(C)cc2C)nc2c1c(=O)n(Cc1cccc(C)c1)c(=O)n2C. The second-order valence-corrected chi connectivity index (χ2v) is 7.79. The van der Waals surface area contributed by atoms with Gasteiger partial charge in [-0.1, -0.05) is 29.8 Å². The minimum Gasteiger partial charge on any atom is -0.383 e. The van der Waals surface area contributed by atoms with Crippen LogP contribution >= 0.6 is 0 Å². The highest BCUT2D eigenvalue weighted by Crippen LogP contribution is 2.17. The Labute approximate surface area is 179 Å². The van der Waals surface area contributed by atoms with E-state index < -0.39 is 5.69 Å². The van der Waals surface area contributed by atoms with E-state index in [-0.39, 0.29) is 12.1 Å². The Balaban J connectivity index is 2.00. The van der Waals surface area contributed by atoms with Crippen molar-refractivity contribution in [3.05, 3.63) is 73.7 Å². The maximum absolute atomic E-state index is 13.5. The summed E-state index contributed by atoms with van der Waals surface area (Å²) in [6.07, 6.45) is 0. The number of aromatic nitrogens is 6. The number of ether oxygens (including phenoxy) is 1. The Bertz CT molecular complexity index is 1390. The van der Waals surface area contributed by atoms with Gasteiger partial charge >= 0.3 is 5.69 Å². The van der Waals surface area contributed by atoms with Crippen molar-refractivity contribution in [3.8, 4) is 5.95 Å². The third kappa shape index (κ3) is 3.61. The predicted molar refractivity (Wildman–Crippen MR) is 118 cm³/mol. The zero-order chi connectivity index (χ0) is 22.3. The van der Waals surface area contributed by atoms with Crippen LogP contribution in [0.1, 0.15) is 22.5 Å². The van der Waals surface area contributed by atoms with Crippen molar-refractivity contribution in [1.29, 1.82) is 0 Å². The molecule has 0 aliphatic carbocycles. The summed E-state index contributed by atoms with van der Waals surface area (Å²) in [5, 5.41) is 4.52. The van der Waals surface area contributed by atoms with Gasteiger partial charge in [0.2, 0.25) is 5.95 Å². The number of nitrogens with zero attached hydrogens (tertiary/aromatic N) is 6. The molecule has 0 unspecified atom stereocenters. The molecule has 0 amide bonds. The summed E-state index contributed by atoms with van der Waals surface area (Å²) in [6.45, 7) is 6.78. The predicted octanol–water partition coefficient (Wildman–Crippen LogP) is 1.70. The highest BCUT2D eigenvalue weighted by atomic mass is 16.5. The molecular formula is C22H26N6O3. The largest absolute Gasteiger partial charge is 0.383 e.